The molecule has 152 valence electrons. The summed E-state index contributed by atoms with van der Waals surface area (Å²) in [5, 5.41) is 13.8. The molecule has 2 aromatic carbocycles. The van der Waals surface area contributed by atoms with E-state index in [-0.39, 0.29) is 16.3 Å². The number of fused-ring (bicyclic) bond motifs is 1. The van der Waals surface area contributed by atoms with Crippen LogP contribution in [0.4, 0.5) is 0 Å². The van der Waals surface area contributed by atoms with Crippen molar-refractivity contribution in [3.63, 3.8) is 0 Å². The molecule has 4 aromatic rings. The Kier molecular flexibility index (Phi) is 5.43. The van der Waals surface area contributed by atoms with Gasteiger partial charge in [-0.25, -0.2) is 23.1 Å². The first kappa shape index (κ1) is 20.6. The fourth-order valence-corrected chi connectivity index (χ4v) is 4.35. The maximum absolute atomic E-state index is 13.2. The molecule has 0 amide bonds. The Labute approximate surface area is 184 Å². The molecule has 0 aliphatic rings. The molecule has 0 bridgehead atoms. The van der Waals surface area contributed by atoms with Crippen LogP contribution in [0.5, 0.6) is 0 Å². The van der Waals surface area contributed by atoms with Crippen LogP contribution in [0.2, 0.25) is 10.0 Å². The quantitative estimate of drug-likeness (QED) is 0.478. The first-order chi connectivity index (χ1) is 14.2. The summed E-state index contributed by atoms with van der Waals surface area (Å²) < 4.78 is 23.9. The van der Waals surface area contributed by atoms with E-state index >= 15 is 0 Å². The van der Waals surface area contributed by atoms with E-state index in [1.807, 2.05) is 0 Å². The van der Waals surface area contributed by atoms with E-state index in [1.165, 1.54) is 10.6 Å². The van der Waals surface area contributed by atoms with Crippen molar-refractivity contribution < 1.29 is 8.42 Å². The van der Waals surface area contributed by atoms with Crippen LogP contribution in [0.25, 0.3) is 28.2 Å². The third-order valence-corrected chi connectivity index (χ3v) is 6.69. The zero-order chi connectivity index (χ0) is 21.5. The standard InChI is InChI=1S/C18H11Cl2N5O3S2/c19-11-4-1-10(2-5-11)3-8-15-22-14-9-12(20)6-7-13(14)16(26)25(15)17-23-24-18(29-17)30(21,27)28/h1-9H,(H2,21,27,28). The molecule has 0 saturated heterocycles. The van der Waals surface area contributed by atoms with Gasteiger partial charge in [-0.3, -0.25) is 4.79 Å². The minimum absolute atomic E-state index is 0.0177. The van der Waals surface area contributed by atoms with Crippen molar-refractivity contribution >= 4 is 67.6 Å². The Balaban J connectivity index is 1.94. The number of nitrogens with zero attached hydrogens (tertiary/aromatic N) is 4. The second kappa shape index (κ2) is 7.89. The van der Waals surface area contributed by atoms with Gasteiger partial charge in [0, 0.05) is 10.0 Å². The molecular formula is C18H11Cl2N5O3S2. The van der Waals surface area contributed by atoms with Crippen molar-refractivity contribution in [3.05, 3.63) is 74.3 Å². The van der Waals surface area contributed by atoms with E-state index in [4.69, 9.17) is 28.3 Å². The normalized spacial score (nSPS) is 12.1. The van der Waals surface area contributed by atoms with Crippen LogP contribution in [0, 0.1) is 0 Å². The number of hydrogen-bond acceptors (Lipinski definition) is 7. The fourth-order valence-electron chi connectivity index (χ4n) is 2.63. The molecule has 0 aliphatic carbocycles. The second-order valence-electron chi connectivity index (χ2n) is 6.05. The van der Waals surface area contributed by atoms with Crippen LogP contribution in [-0.4, -0.2) is 28.2 Å². The van der Waals surface area contributed by atoms with Crippen molar-refractivity contribution in [2.24, 2.45) is 5.14 Å². The highest BCUT2D eigenvalue weighted by Gasteiger charge is 2.20. The van der Waals surface area contributed by atoms with E-state index in [2.05, 4.69) is 15.2 Å². The van der Waals surface area contributed by atoms with Gasteiger partial charge in [0.1, 0.15) is 5.82 Å². The van der Waals surface area contributed by atoms with Gasteiger partial charge < -0.3 is 0 Å². The van der Waals surface area contributed by atoms with Gasteiger partial charge in [0.15, 0.2) is 0 Å². The summed E-state index contributed by atoms with van der Waals surface area (Å²) >= 11 is 12.6. The lowest BCUT2D eigenvalue weighted by Crippen LogP contribution is -2.22. The first-order valence-corrected chi connectivity index (χ1v) is 11.4. The lowest BCUT2D eigenvalue weighted by Gasteiger charge is -2.08. The Morgan fingerprint density at radius 2 is 1.70 bits per heavy atom. The molecule has 0 radical (unpaired) electrons. The highest BCUT2D eigenvalue weighted by atomic mass is 35.5. The number of halogens is 2. The smallest absolute Gasteiger partial charge is 0.268 e. The SMILES string of the molecule is NS(=O)(=O)c1nnc(-n2c(C=Cc3ccc(Cl)cc3)nc3cc(Cl)ccc3c2=O)s1. The summed E-state index contributed by atoms with van der Waals surface area (Å²) in [6.45, 7) is 0. The van der Waals surface area contributed by atoms with Crippen LogP contribution >= 0.6 is 34.5 Å². The summed E-state index contributed by atoms with van der Waals surface area (Å²) in [6.07, 6.45) is 3.33. The maximum atomic E-state index is 13.2. The molecule has 0 unspecified atom stereocenters. The summed E-state index contributed by atoms with van der Waals surface area (Å²) in [7, 11) is -4.06. The highest BCUT2D eigenvalue weighted by Crippen LogP contribution is 2.22. The number of benzene rings is 2. The molecule has 0 saturated carbocycles. The van der Waals surface area contributed by atoms with Crippen molar-refractivity contribution in [2.75, 3.05) is 0 Å². The zero-order valence-electron chi connectivity index (χ0n) is 14.9. The first-order valence-electron chi connectivity index (χ1n) is 8.25. The molecule has 0 atom stereocenters. The van der Waals surface area contributed by atoms with Gasteiger partial charge >= 0.3 is 0 Å². The average Bonchev–Trinajstić information content (AvgIpc) is 3.17. The second-order valence-corrected chi connectivity index (χ2v) is 9.62. The summed E-state index contributed by atoms with van der Waals surface area (Å²) in [4.78, 5) is 17.7. The molecular weight excluding hydrogens is 469 g/mol. The van der Waals surface area contributed by atoms with Gasteiger partial charge in [-0.1, -0.05) is 52.7 Å². The highest BCUT2D eigenvalue weighted by molar-refractivity contribution is 7.91. The number of primary sulfonamides is 1. The molecule has 0 spiro atoms. The van der Waals surface area contributed by atoms with Crippen LogP contribution in [0.15, 0.2) is 51.6 Å². The van der Waals surface area contributed by atoms with Crippen molar-refractivity contribution in [1.29, 1.82) is 0 Å². The van der Waals surface area contributed by atoms with Gasteiger partial charge in [-0.15, -0.1) is 10.2 Å². The molecule has 4 rings (SSSR count). The lowest BCUT2D eigenvalue weighted by atomic mass is 10.2. The number of hydrogen-bond donors (Lipinski definition) is 1. The Morgan fingerprint density at radius 1 is 1.00 bits per heavy atom. The predicted molar refractivity (Wildman–Crippen MR) is 118 cm³/mol. The number of sulfonamides is 1. The van der Waals surface area contributed by atoms with Crippen LogP contribution in [0.3, 0.4) is 0 Å². The number of nitrogens with two attached hydrogens (primary N) is 1. The van der Waals surface area contributed by atoms with Gasteiger partial charge in [0.2, 0.25) is 9.47 Å². The maximum Gasteiger partial charge on any atom is 0.268 e. The molecule has 12 heteroatoms. The average molecular weight is 480 g/mol. The summed E-state index contributed by atoms with van der Waals surface area (Å²) in [6, 6.07) is 11.7. The zero-order valence-corrected chi connectivity index (χ0v) is 18.0. The molecule has 2 N–H and O–H groups in total. The molecule has 30 heavy (non-hydrogen) atoms. The topological polar surface area (TPSA) is 121 Å². The minimum atomic E-state index is -4.06. The predicted octanol–water partition coefficient (Wildman–Crippen LogP) is 3.36. The van der Waals surface area contributed by atoms with Crippen molar-refractivity contribution in [2.45, 2.75) is 4.34 Å². The molecule has 2 aromatic heterocycles. The van der Waals surface area contributed by atoms with E-state index < -0.39 is 19.9 Å². The summed E-state index contributed by atoms with van der Waals surface area (Å²) in [5.74, 6) is 0.210. The van der Waals surface area contributed by atoms with E-state index in [1.54, 1.807) is 48.6 Å². The molecule has 0 fully saturated rings. The minimum Gasteiger partial charge on any atom is -0.268 e. The van der Waals surface area contributed by atoms with Gasteiger partial charge in [-0.05, 0) is 42.0 Å². The largest absolute Gasteiger partial charge is 0.268 e. The van der Waals surface area contributed by atoms with Gasteiger partial charge in [-0.2, -0.15) is 0 Å². The van der Waals surface area contributed by atoms with E-state index in [0.717, 1.165) is 5.56 Å². The van der Waals surface area contributed by atoms with Gasteiger partial charge in [0.05, 0.1) is 10.9 Å². The number of aromatic nitrogens is 4. The third-order valence-electron chi connectivity index (χ3n) is 3.98. The van der Waals surface area contributed by atoms with Crippen LogP contribution < -0.4 is 10.7 Å². The van der Waals surface area contributed by atoms with Crippen molar-refractivity contribution in [3.8, 4) is 5.13 Å². The Bertz CT molecular complexity index is 1460. The summed E-state index contributed by atoms with van der Waals surface area (Å²) in [5.41, 5.74) is 0.745. The fraction of sp³-hybridized carbons (Fsp3) is 0. The molecule has 8 nitrogen and oxygen atoms in total. The molecule has 2 heterocycles. The Morgan fingerprint density at radius 3 is 2.37 bits per heavy atom. The van der Waals surface area contributed by atoms with Crippen molar-refractivity contribution in [1.82, 2.24) is 19.7 Å². The molecule has 0 aliphatic heterocycles. The van der Waals surface area contributed by atoms with Gasteiger partial charge in [0.25, 0.3) is 15.6 Å². The lowest BCUT2D eigenvalue weighted by molar-refractivity contribution is 0.595. The third kappa shape index (κ3) is 4.13. The number of rotatable bonds is 4. The van der Waals surface area contributed by atoms with E-state index in [9.17, 15) is 13.2 Å². The van der Waals surface area contributed by atoms with Crippen LogP contribution in [0.1, 0.15) is 11.4 Å². The van der Waals surface area contributed by atoms with E-state index in [0.29, 0.717) is 26.9 Å². The Hall–Kier alpha value is -2.63. The monoisotopic (exact) mass is 479 g/mol. The van der Waals surface area contributed by atoms with Crippen LogP contribution in [-0.2, 0) is 10.0 Å².